The summed E-state index contributed by atoms with van der Waals surface area (Å²) in [5.41, 5.74) is 15.2. The third-order valence-electron chi connectivity index (χ3n) is 8.84. The minimum absolute atomic E-state index is 0.314. The molecule has 7 aromatic rings. The lowest BCUT2D eigenvalue weighted by Gasteiger charge is -2.12. The summed E-state index contributed by atoms with van der Waals surface area (Å²) < 4.78 is 5.04. The van der Waals surface area contributed by atoms with E-state index < -0.39 is 0 Å². The lowest BCUT2D eigenvalue weighted by molar-refractivity contribution is 0.0599. The Kier molecular flexibility index (Phi) is 8.48. The smallest absolute Gasteiger partial charge is 0.339 e. The number of methoxy groups -OCH3 is 1. The molecule has 0 unspecified atom stereocenters. The average molecular weight is 613 g/mol. The number of carbonyl (C=O) groups is 1. The van der Waals surface area contributed by atoms with Gasteiger partial charge in [-0.25, -0.2) is 4.79 Å². The number of nitrogens with two attached hydrogens (primary N) is 1. The SMILES string of the molecule is COC(=O)c1cc(C2CC2)cnc1Cc1ccc2cccc(-c3ccccc3)c2c1.Nc1ccc2cccc(-c3ccccc3)c2c1. The van der Waals surface area contributed by atoms with E-state index in [1.54, 1.807) is 0 Å². The molecule has 0 aliphatic heterocycles. The third kappa shape index (κ3) is 6.63. The largest absolute Gasteiger partial charge is 0.465 e. The number of aromatic nitrogens is 1. The van der Waals surface area contributed by atoms with Gasteiger partial charge in [-0.1, -0.05) is 121 Å². The molecule has 1 aromatic heterocycles. The Bertz CT molecular complexity index is 2190. The number of hydrogen-bond acceptors (Lipinski definition) is 4. The summed E-state index contributed by atoms with van der Waals surface area (Å²) in [6, 6.07) is 48.0. The number of esters is 1. The zero-order valence-corrected chi connectivity index (χ0v) is 26.4. The van der Waals surface area contributed by atoms with Crippen molar-refractivity contribution in [3.05, 3.63) is 168 Å². The van der Waals surface area contributed by atoms with E-state index in [1.807, 2.05) is 36.5 Å². The number of rotatable bonds is 6. The Morgan fingerprint density at radius 1 is 0.702 bits per heavy atom. The van der Waals surface area contributed by atoms with Crippen LogP contribution < -0.4 is 5.73 Å². The van der Waals surface area contributed by atoms with Crippen molar-refractivity contribution in [2.24, 2.45) is 0 Å². The summed E-state index contributed by atoms with van der Waals surface area (Å²) in [7, 11) is 1.43. The van der Waals surface area contributed by atoms with Crippen LogP contribution in [-0.4, -0.2) is 18.1 Å². The van der Waals surface area contributed by atoms with Gasteiger partial charge >= 0.3 is 5.97 Å². The van der Waals surface area contributed by atoms with Crippen LogP contribution >= 0.6 is 0 Å². The van der Waals surface area contributed by atoms with E-state index in [1.165, 1.54) is 63.8 Å². The van der Waals surface area contributed by atoms with Gasteiger partial charge in [-0.05, 0) is 91.9 Å². The Morgan fingerprint density at radius 3 is 1.89 bits per heavy atom. The van der Waals surface area contributed by atoms with Crippen LogP contribution in [0.25, 0.3) is 43.8 Å². The van der Waals surface area contributed by atoms with Gasteiger partial charge in [0.05, 0.1) is 18.4 Å². The summed E-state index contributed by atoms with van der Waals surface area (Å²) in [6.07, 6.45) is 4.87. The van der Waals surface area contributed by atoms with Crippen molar-refractivity contribution >= 4 is 33.2 Å². The van der Waals surface area contributed by atoms with Crippen molar-refractivity contribution in [3.8, 4) is 22.3 Å². The predicted octanol–water partition coefficient (Wildman–Crippen LogP) is 10.2. The molecule has 230 valence electrons. The minimum atomic E-state index is -0.314. The van der Waals surface area contributed by atoms with Gasteiger partial charge in [-0.15, -0.1) is 0 Å². The molecular formula is C43H36N2O2. The van der Waals surface area contributed by atoms with Crippen LogP contribution in [0.5, 0.6) is 0 Å². The molecule has 0 saturated heterocycles. The number of nitrogen functional groups attached to an aromatic ring is 1. The minimum Gasteiger partial charge on any atom is -0.465 e. The molecule has 2 N–H and O–H groups in total. The zero-order chi connectivity index (χ0) is 32.2. The highest BCUT2D eigenvalue weighted by atomic mass is 16.5. The second-order valence-electron chi connectivity index (χ2n) is 12.1. The maximum absolute atomic E-state index is 12.4. The van der Waals surface area contributed by atoms with Gasteiger partial charge < -0.3 is 10.5 Å². The van der Waals surface area contributed by atoms with Gasteiger partial charge in [0.2, 0.25) is 0 Å². The Morgan fingerprint density at radius 2 is 1.30 bits per heavy atom. The fourth-order valence-electron chi connectivity index (χ4n) is 6.23. The van der Waals surface area contributed by atoms with Crippen molar-refractivity contribution < 1.29 is 9.53 Å². The molecule has 1 aliphatic carbocycles. The number of pyridine rings is 1. The number of ether oxygens (including phenoxy) is 1. The van der Waals surface area contributed by atoms with Gasteiger partial charge in [0, 0.05) is 18.3 Å². The van der Waals surface area contributed by atoms with Gasteiger partial charge in [0.25, 0.3) is 0 Å². The first-order valence-corrected chi connectivity index (χ1v) is 16.1. The van der Waals surface area contributed by atoms with Crippen LogP contribution in [0.15, 0.2) is 146 Å². The van der Waals surface area contributed by atoms with E-state index in [4.69, 9.17) is 10.5 Å². The van der Waals surface area contributed by atoms with Crippen LogP contribution in [0.3, 0.4) is 0 Å². The summed E-state index contributed by atoms with van der Waals surface area (Å²) in [5.74, 6) is 0.231. The molecule has 47 heavy (non-hydrogen) atoms. The average Bonchev–Trinajstić information content (AvgIpc) is 3.98. The van der Waals surface area contributed by atoms with Gasteiger partial charge in [0.1, 0.15) is 0 Å². The molecule has 0 amide bonds. The van der Waals surface area contributed by atoms with E-state index in [0.29, 0.717) is 17.9 Å². The summed E-state index contributed by atoms with van der Waals surface area (Å²) in [6.45, 7) is 0. The highest BCUT2D eigenvalue weighted by Gasteiger charge is 2.26. The van der Waals surface area contributed by atoms with Crippen molar-refractivity contribution in [1.29, 1.82) is 0 Å². The standard InChI is InChI=1S/C27H23NO2.C16H13N/c1-30-27(29)25-16-22(19-12-13-19)17-28-26(25)15-18-10-11-21-8-5-9-23(24(21)14-18)20-6-3-2-4-7-20;17-14-10-9-13-7-4-8-15(16(13)11-14)12-5-2-1-3-6-12/h2-11,14,16-17,19H,12-13,15H2,1H3;1-11H,17H2. The zero-order valence-electron chi connectivity index (χ0n) is 26.4. The van der Waals surface area contributed by atoms with Crippen LogP contribution in [0.2, 0.25) is 0 Å². The molecule has 0 spiro atoms. The number of hydrogen-bond donors (Lipinski definition) is 1. The first-order valence-electron chi connectivity index (χ1n) is 16.1. The van der Waals surface area contributed by atoms with E-state index in [0.717, 1.165) is 22.5 Å². The van der Waals surface area contributed by atoms with Gasteiger partial charge in [-0.3, -0.25) is 4.98 Å². The van der Waals surface area contributed by atoms with E-state index in [-0.39, 0.29) is 5.97 Å². The molecule has 4 nitrogen and oxygen atoms in total. The fraction of sp³-hybridized carbons (Fsp3) is 0.116. The lowest BCUT2D eigenvalue weighted by Crippen LogP contribution is -2.09. The maximum Gasteiger partial charge on any atom is 0.339 e. The Labute approximate surface area is 275 Å². The number of anilines is 1. The van der Waals surface area contributed by atoms with Crippen molar-refractivity contribution in [2.75, 3.05) is 12.8 Å². The van der Waals surface area contributed by atoms with Crippen LogP contribution in [0.4, 0.5) is 5.69 Å². The second-order valence-corrected chi connectivity index (χ2v) is 12.1. The topological polar surface area (TPSA) is 65.2 Å². The van der Waals surface area contributed by atoms with E-state index in [2.05, 4.69) is 114 Å². The lowest BCUT2D eigenvalue weighted by atomic mass is 9.95. The molecule has 4 heteroatoms. The maximum atomic E-state index is 12.4. The summed E-state index contributed by atoms with van der Waals surface area (Å²) in [5, 5.41) is 4.83. The van der Waals surface area contributed by atoms with Crippen LogP contribution in [0.1, 0.15) is 45.9 Å². The highest BCUT2D eigenvalue weighted by molar-refractivity contribution is 5.99. The summed E-state index contributed by atoms with van der Waals surface area (Å²) in [4.78, 5) is 17.1. The van der Waals surface area contributed by atoms with Crippen LogP contribution in [-0.2, 0) is 11.2 Å². The predicted molar refractivity (Wildman–Crippen MR) is 194 cm³/mol. The molecule has 6 aromatic carbocycles. The third-order valence-corrected chi connectivity index (χ3v) is 8.84. The van der Waals surface area contributed by atoms with Crippen molar-refractivity contribution in [1.82, 2.24) is 4.98 Å². The van der Waals surface area contributed by atoms with E-state index >= 15 is 0 Å². The molecular weight excluding hydrogens is 576 g/mol. The Hall–Kier alpha value is -5.74. The number of carbonyl (C=O) groups excluding carboxylic acids is 1. The highest BCUT2D eigenvalue weighted by Crippen LogP contribution is 2.40. The first kappa shape index (κ1) is 29.9. The molecule has 1 heterocycles. The van der Waals surface area contributed by atoms with Crippen molar-refractivity contribution in [3.63, 3.8) is 0 Å². The molecule has 1 saturated carbocycles. The quantitative estimate of drug-likeness (QED) is 0.150. The first-order chi connectivity index (χ1) is 23.1. The van der Waals surface area contributed by atoms with Crippen molar-refractivity contribution in [2.45, 2.75) is 25.2 Å². The molecule has 0 bridgehead atoms. The Balaban J connectivity index is 0.000000174. The monoisotopic (exact) mass is 612 g/mol. The second kappa shape index (κ2) is 13.3. The van der Waals surface area contributed by atoms with E-state index in [9.17, 15) is 4.79 Å². The molecule has 1 fully saturated rings. The number of nitrogens with zero attached hydrogens (tertiary/aromatic N) is 1. The van der Waals surface area contributed by atoms with Gasteiger partial charge in [0.15, 0.2) is 0 Å². The molecule has 1 aliphatic rings. The van der Waals surface area contributed by atoms with Gasteiger partial charge in [-0.2, -0.15) is 0 Å². The molecule has 8 rings (SSSR count). The molecule has 0 radical (unpaired) electrons. The molecule has 0 atom stereocenters. The number of benzene rings is 6. The fourth-order valence-corrected chi connectivity index (χ4v) is 6.23. The summed E-state index contributed by atoms with van der Waals surface area (Å²) >= 11 is 0. The normalized spacial score (nSPS) is 12.4. The number of fused-ring (bicyclic) bond motifs is 2. The van der Waals surface area contributed by atoms with Crippen LogP contribution in [0, 0.1) is 0 Å².